The molecule has 0 fully saturated rings. The molecule has 1 aliphatic rings. The average molecular weight is 410 g/mol. The van der Waals surface area contributed by atoms with E-state index >= 15 is 0 Å². The third-order valence-corrected chi connectivity index (χ3v) is 6.32. The molecule has 150 valence electrons. The zero-order valence-corrected chi connectivity index (χ0v) is 17.6. The van der Waals surface area contributed by atoms with Crippen molar-refractivity contribution >= 4 is 23.4 Å². The summed E-state index contributed by atoms with van der Waals surface area (Å²) in [5, 5.41) is 11.6. The third kappa shape index (κ3) is 3.80. The summed E-state index contributed by atoms with van der Waals surface area (Å²) >= 11 is 1.41. The van der Waals surface area contributed by atoms with Gasteiger partial charge in [-0.15, -0.1) is 10.2 Å². The number of carbonyl (C=O) groups excluding carboxylic acids is 1. The van der Waals surface area contributed by atoms with Gasteiger partial charge in [-0.2, -0.15) is 0 Å². The third-order valence-electron chi connectivity index (χ3n) is 5.11. The van der Waals surface area contributed by atoms with Crippen molar-refractivity contribution in [3.63, 3.8) is 0 Å². The largest absolute Gasteiger partial charge is 0.497 e. The van der Waals surface area contributed by atoms with Gasteiger partial charge in [-0.05, 0) is 61.7 Å². The number of amides is 1. The number of methoxy groups -OCH3 is 1. The second-order valence-electron chi connectivity index (χ2n) is 7.07. The lowest BCUT2D eigenvalue weighted by Crippen LogP contribution is -2.41. The maximum absolute atomic E-state index is 13.2. The number of aromatic nitrogens is 3. The summed E-state index contributed by atoms with van der Waals surface area (Å²) in [6.45, 7) is 5.97. The van der Waals surface area contributed by atoms with Crippen LogP contribution in [0.15, 0.2) is 47.6 Å². The maximum Gasteiger partial charge on any atom is 0.240 e. The Morgan fingerprint density at radius 1 is 1.10 bits per heavy atom. The second-order valence-corrected chi connectivity index (χ2v) is 8.18. The van der Waals surface area contributed by atoms with Crippen molar-refractivity contribution in [2.24, 2.45) is 0 Å². The molecule has 0 spiro atoms. The predicted molar refractivity (Wildman–Crippen MR) is 114 cm³/mol. The van der Waals surface area contributed by atoms with Gasteiger partial charge in [0.15, 0.2) is 0 Å². The number of fused-ring (bicyclic) bond motifs is 1. The molecule has 1 aromatic heterocycles. The number of hydrogen-bond acceptors (Lipinski definition) is 6. The van der Waals surface area contributed by atoms with Gasteiger partial charge in [0.1, 0.15) is 16.8 Å². The normalized spacial score (nSPS) is 17.9. The molecule has 7 nitrogen and oxygen atoms in total. The highest BCUT2D eigenvalue weighted by Gasteiger charge is 2.37. The summed E-state index contributed by atoms with van der Waals surface area (Å²) in [5.41, 5.74) is 7.51. The fourth-order valence-corrected chi connectivity index (χ4v) is 4.38. The molecule has 0 aliphatic carbocycles. The molecule has 0 saturated heterocycles. The summed E-state index contributed by atoms with van der Waals surface area (Å²) in [6.07, 6.45) is 0. The monoisotopic (exact) mass is 409 g/mol. The van der Waals surface area contributed by atoms with E-state index < -0.39 is 5.25 Å². The van der Waals surface area contributed by atoms with Gasteiger partial charge < -0.3 is 15.5 Å². The molecule has 1 amide bonds. The highest BCUT2D eigenvalue weighted by molar-refractivity contribution is 8.00. The molecular formula is C21H23N5O2S. The second kappa shape index (κ2) is 7.79. The number of thioether (sulfide) groups is 1. The van der Waals surface area contributed by atoms with Gasteiger partial charge in [0.2, 0.25) is 11.1 Å². The molecule has 8 heteroatoms. The topological polar surface area (TPSA) is 81.1 Å². The molecule has 2 atom stereocenters. The van der Waals surface area contributed by atoms with Crippen molar-refractivity contribution in [3.8, 4) is 5.75 Å². The van der Waals surface area contributed by atoms with E-state index in [2.05, 4.69) is 27.9 Å². The summed E-state index contributed by atoms with van der Waals surface area (Å²) < 4.78 is 7.10. The molecule has 4 rings (SSSR count). The van der Waals surface area contributed by atoms with Crippen LogP contribution in [0.2, 0.25) is 0 Å². The number of ether oxygens (including phenoxy) is 1. The van der Waals surface area contributed by atoms with Gasteiger partial charge >= 0.3 is 0 Å². The Kier molecular flexibility index (Phi) is 5.19. The minimum atomic E-state index is -0.416. The van der Waals surface area contributed by atoms with Crippen LogP contribution in [-0.4, -0.2) is 33.1 Å². The first-order valence-electron chi connectivity index (χ1n) is 9.33. The summed E-state index contributed by atoms with van der Waals surface area (Å²) in [5.74, 6) is 1.44. The van der Waals surface area contributed by atoms with Crippen molar-refractivity contribution in [2.45, 2.75) is 37.2 Å². The van der Waals surface area contributed by atoms with Crippen LogP contribution in [0.5, 0.6) is 5.75 Å². The first-order chi connectivity index (χ1) is 14.0. The molecule has 1 aliphatic heterocycles. The van der Waals surface area contributed by atoms with Crippen LogP contribution in [0.1, 0.15) is 28.6 Å². The Balaban J connectivity index is 1.65. The van der Waals surface area contributed by atoms with E-state index in [4.69, 9.17) is 4.74 Å². The van der Waals surface area contributed by atoms with Crippen LogP contribution in [0.3, 0.4) is 0 Å². The molecule has 0 saturated carbocycles. The number of carbonyl (C=O) groups is 1. The van der Waals surface area contributed by atoms with Crippen LogP contribution in [0.25, 0.3) is 0 Å². The van der Waals surface area contributed by atoms with E-state index in [-0.39, 0.29) is 11.9 Å². The Morgan fingerprint density at radius 3 is 2.55 bits per heavy atom. The molecule has 2 aromatic carbocycles. The number of nitrogens with zero attached hydrogens (tertiary/aromatic N) is 3. The Labute approximate surface area is 173 Å². The number of nitrogens with one attached hydrogen (secondary N) is 2. The highest BCUT2D eigenvalue weighted by Crippen LogP contribution is 2.38. The molecule has 29 heavy (non-hydrogen) atoms. The van der Waals surface area contributed by atoms with Crippen molar-refractivity contribution < 1.29 is 9.53 Å². The van der Waals surface area contributed by atoms with Crippen molar-refractivity contribution in [3.05, 3.63) is 65.0 Å². The van der Waals surface area contributed by atoms with Gasteiger partial charge in [-0.3, -0.25) is 4.79 Å². The fraction of sp³-hybridized carbons (Fsp3) is 0.286. The van der Waals surface area contributed by atoms with Gasteiger partial charge in [0, 0.05) is 5.69 Å². The minimum Gasteiger partial charge on any atom is -0.497 e. The Morgan fingerprint density at radius 2 is 1.86 bits per heavy atom. The molecule has 2 N–H and O–H groups in total. The number of anilines is 1. The van der Waals surface area contributed by atoms with E-state index in [0.29, 0.717) is 5.16 Å². The predicted octanol–water partition coefficient (Wildman–Crippen LogP) is 3.61. The van der Waals surface area contributed by atoms with Gasteiger partial charge in [0.25, 0.3) is 0 Å². The minimum absolute atomic E-state index is 0.0847. The van der Waals surface area contributed by atoms with E-state index in [1.807, 2.05) is 61.0 Å². The van der Waals surface area contributed by atoms with Gasteiger partial charge in [-0.1, -0.05) is 30.0 Å². The van der Waals surface area contributed by atoms with E-state index in [9.17, 15) is 4.79 Å². The van der Waals surface area contributed by atoms with Crippen LogP contribution >= 0.6 is 11.8 Å². The molecule has 2 heterocycles. The Bertz CT molecular complexity index is 1050. The highest BCUT2D eigenvalue weighted by atomic mass is 32.2. The van der Waals surface area contributed by atoms with E-state index in [1.54, 1.807) is 7.11 Å². The molecule has 0 bridgehead atoms. The number of benzene rings is 2. The smallest absolute Gasteiger partial charge is 0.240 e. The summed E-state index contributed by atoms with van der Waals surface area (Å²) in [6, 6.07) is 13.4. The molecule has 0 unspecified atom stereocenters. The van der Waals surface area contributed by atoms with Crippen molar-refractivity contribution in [1.29, 1.82) is 0 Å². The van der Waals surface area contributed by atoms with Crippen LogP contribution in [0, 0.1) is 20.8 Å². The molecule has 3 aromatic rings. The zero-order valence-electron chi connectivity index (χ0n) is 16.8. The zero-order chi connectivity index (χ0) is 20.5. The SMILES string of the molecule is COc1ccc([C@H]2Nn3c(C)nnc3S[C@@H]2C(=O)Nc2ccc(C)c(C)c2)cc1. The lowest BCUT2D eigenvalue weighted by Gasteiger charge is -2.32. The first kappa shape index (κ1) is 19.3. The van der Waals surface area contributed by atoms with Gasteiger partial charge in [-0.25, -0.2) is 4.68 Å². The molecular weight excluding hydrogens is 386 g/mol. The number of aryl methyl sites for hydroxylation is 3. The lowest BCUT2D eigenvalue weighted by molar-refractivity contribution is -0.116. The van der Waals surface area contributed by atoms with E-state index in [0.717, 1.165) is 28.4 Å². The van der Waals surface area contributed by atoms with Crippen LogP contribution in [-0.2, 0) is 4.79 Å². The van der Waals surface area contributed by atoms with Crippen LogP contribution in [0.4, 0.5) is 5.69 Å². The number of hydrogen-bond donors (Lipinski definition) is 2. The van der Waals surface area contributed by atoms with Crippen LogP contribution < -0.4 is 15.5 Å². The maximum atomic E-state index is 13.2. The summed E-state index contributed by atoms with van der Waals surface area (Å²) in [4.78, 5) is 13.2. The standard InChI is InChI=1S/C21H23N5O2S/c1-12-5-8-16(11-13(12)2)22-20(27)19-18(15-6-9-17(28-4)10-7-15)25-26-14(3)23-24-21(26)29-19/h5-11,18-19,25H,1-4H3,(H,22,27)/t18-,19+/m1/s1. The average Bonchev–Trinajstić information content (AvgIpc) is 3.10. The van der Waals surface area contributed by atoms with Crippen molar-refractivity contribution in [2.75, 3.05) is 17.9 Å². The van der Waals surface area contributed by atoms with Crippen molar-refractivity contribution in [1.82, 2.24) is 14.9 Å². The first-order valence-corrected chi connectivity index (χ1v) is 10.2. The summed E-state index contributed by atoms with van der Waals surface area (Å²) in [7, 11) is 1.64. The van der Waals surface area contributed by atoms with E-state index in [1.165, 1.54) is 17.3 Å². The molecule has 0 radical (unpaired) electrons. The number of rotatable bonds is 4. The Hall–Kier alpha value is -3.00. The quantitative estimate of drug-likeness (QED) is 0.685. The van der Waals surface area contributed by atoms with Gasteiger partial charge in [0.05, 0.1) is 13.2 Å². The fourth-order valence-electron chi connectivity index (χ4n) is 3.25. The lowest BCUT2D eigenvalue weighted by atomic mass is 10.0.